The van der Waals surface area contributed by atoms with Crippen molar-refractivity contribution in [3.05, 3.63) is 69.8 Å². The van der Waals surface area contributed by atoms with Gasteiger partial charge >= 0.3 is 7.82 Å². The first-order valence-electron chi connectivity index (χ1n) is 13.6. The van der Waals surface area contributed by atoms with Gasteiger partial charge in [0.1, 0.15) is 5.65 Å². The SMILES string of the molecule is C\C=C/C=C(\C=C\c1cc(C(=O)NCCCN(C)CCOP(=O)(O)O)c(C)c2[nH]c3ncc(C)cc3c12)S(=O)(=O)CC. The van der Waals surface area contributed by atoms with Crippen LogP contribution in [0, 0.1) is 13.8 Å². The van der Waals surface area contributed by atoms with Crippen LogP contribution in [-0.2, 0) is 18.9 Å². The number of hydrogen-bond donors (Lipinski definition) is 4. The molecule has 0 aliphatic carbocycles. The third-order valence-corrected chi connectivity index (χ3v) is 9.02. The molecule has 13 heteroatoms. The van der Waals surface area contributed by atoms with Crippen molar-refractivity contribution in [3.63, 3.8) is 0 Å². The van der Waals surface area contributed by atoms with Crippen LogP contribution in [0.3, 0.4) is 0 Å². The van der Waals surface area contributed by atoms with E-state index in [-0.39, 0.29) is 23.2 Å². The van der Waals surface area contributed by atoms with Gasteiger partial charge in [0, 0.05) is 35.6 Å². The van der Waals surface area contributed by atoms with Crippen LogP contribution >= 0.6 is 7.82 Å². The second kappa shape index (κ2) is 14.4. The standard InChI is InChI=1S/C29H39N4O7PS/c1-6-8-10-23(42(38,39)7-2)12-11-22-18-24(21(4)27-26(22)25-17-20(3)19-31-28(25)32-27)29(34)30-13-9-14-33(5)15-16-40-41(35,36)37/h6,8,10-12,17-19H,7,9,13-16H2,1-5H3,(H,30,34)(H,31,32)(H2,35,36,37)/b8-6-,12-11+,23-10+. The summed E-state index contributed by atoms with van der Waals surface area (Å²) in [6.07, 6.45) is 10.7. The zero-order chi connectivity index (χ0) is 31.1. The van der Waals surface area contributed by atoms with Gasteiger partial charge in [-0.3, -0.25) is 9.32 Å². The number of carbonyl (C=O) groups excluding carboxylic acids is 1. The van der Waals surface area contributed by atoms with E-state index in [2.05, 4.69) is 19.8 Å². The van der Waals surface area contributed by atoms with Crippen LogP contribution in [0.25, 0.3) is 28.0 Å². The molecule has 0 saturated heterocycles. The molecule has 3 aromatic rings. The van der Waals surface area contributed by atoms with E-state index in [1.165, 1.54) is 0 Å². The van der Waals surface area contributed by atoms with Gasteiger partial charge < -0.3 is 25.0 Å². The lowest BCUT2D eigenvalue weighted by Gasteiger charge is -2.17. The number of aromatic nitrogens is 2. The van der Waals surface area contributed by atoms with Crippen LogP contribution in [0.1, 0.15) is 47.3 Å². The number of hydrogen-bond acceptors (Lipinski definition) is 7. The summed E-state index contributed by atoms with van der Waals surface area (Å²) in [7, 11) is -6.19. The Hall–Kier alpha value is -3.12. The molecule has 0 aliphatic rings. The van der Waals surface area contributed by atoms with Gasteiger partial charge in [-0.15, -0.1) is 0 Å². The molecule has 1 amide bonds. The zero-order valence-electron chi connectivity index (χ0n) is 24.5. The fourth-order valence-corrected chi connectivity index (χ4v) is 5.67. The van der Waals surface area contributed by atoms with Gasteiger partial charge in [-0.25, -0.2) is 18.0 Å². The molecule has 3 rings (SSSR count). The number of amides is 1. The minimum atomic E-state index is -4.50. The topological polar surface area (TPSA) is 162 Å². The van der Waals surface area contributed by atoms with Crippen molar-refractivity contribution >= 4 is 51.6 Å². The number of fused-ring (bicyclic) bond motifs is 3. The van der Waals surface area contributed by atoms with Gasteiger partial charge in [0.25, 0.3) is 5.91 Å². The summed E-state index contributed by atoms with van der Waals surface area (Å²) in [4.78, 5) is 40.8. The fraction of sp³-hybridized carbons (Fsp3) is 0.379. The van der Waals surface area contributed by atoms with E-state index in [4.69, 9.17) is 9.79 Å². The van der Waals surface area contributed by atoms with Crippen molar-refractivity contribution < 1.29 is 32.1 Å². The Morgan fingerprint density at radius 2 is 1.98 bits per heavy atom. The number of nitrogens with one attached hydrogen (secondary N) is 2. The second-order valence-electron chi connectivity index (χ2n) is 9.99. The molecule has 4 N–H and O–H groups in total. The summed E-state index contributed by atoms with van der Waals surface area (Å²) in [6.45, 7) is 8.40. The van der Waals surface area contributed by atoms with Crippen molar-refractivity contribution in [3.8, 4) is 0 Å². The zero-order valence-corrected chi connectivity index (χ0v) is 26.3. The number of pyridine rings is 1. The summed E-state index contributed by atoms with van der Waals surface area (Å²) in [5, 5.41) is 4.67. The lowest BCUT2D eigenvalue weighted by Crippen LogP contribution is -2.30. The van der Waals surface area contributed by atoms with Crippen LogP contribution in [0.4, 0.5) is 0 Å². The average molecular weight is 619 g/mol. The molecule has 0 atom stereocenters. The van der Waals surface area contributed by atoms with Crippen LogP contribution in [0.2, 0.25) is 0 Å². The van der Waals surface area contributed by atoms with Gasteiger partial charge in [-0.05, 0) is 81.8 Å². The largest absolute Gasteiger partial charge is 0.469 e. The first-order valence-corrected chi connectivity index (χ1v) is 16.8. The van der Waals surface area contributed by atoms with Crippen molar-refractivity contribution in [1.82, 2.24) is 20.2 Å². The summed E-state index contributed by atoms with van der Waals surface area (Å²) < 4.78 is 40.8. The minimum Gasteiger partial charge on any atom is -0.352 e. The lowest BCUT2D eigenvalue weighted by molar-refractivity contribution is 0.0950. The molecule has 0 aliphatic heterocycles. The molecular weight excluding hydrogens is 579 g/mol. The van der Waals surface area contributed by atoms with Crippen molar-refractivity contribution in [2.75, 3.05) is 39.0 Å². The summed E-state index contributed by atoms with van der Waals surface area (Å²) in [5.41, 5.74) is 4.26. The van der Waals surface area contributed by atoms with E-state index in [1.807, 2.05) is 31.7 Å². The molecule has 11 nitrogen and oxygen atoms in total. The summed E-state index contributed by atoms with van der Waals surface area (Å²) in [5.74, 6) is -0.315. The van der Waals surface area contributed by atoms with E-state index in [0.29, 0.717) is 42.8 Å². The smallest absolute Gasteiger partial charge is 0.352 e. The maximum absolute atomic E-state index is 13.3. The highest BCUT2D eigenvalue weighted by Crippen LogP contribution is 2.35. The Bertz CT molecular complexity index is 1690. The first-order chi connectivity index (χ1) is 19.8. The average Bonchev–Trinajstić information content (AvgIpc) is 3.30. The van der Waals surface area contributed by atoms with Gasteiger partial charge in [-0.2, -0.15) is 0 Å². The lowest BCUT2D eigenvalue weighted by atomic mass is 9.97. The van der Waals surface area contributed by atoms with Crippen molar-refractivity contribution in [1.29, 1.82) is 0 Å². The third-order valence-electron chi connectivity index (χ3n) is 6.75. The number of allylic oxidation sites excluding steroid dienone is 4. The molecule has 0 bridgehead atoms. The molecule has 2 aromatic heterocycles. The van der Waals surface area contributed by atoms with E-state index in [9.17, 15) is 17.8 Å². The number of phosphoric acid groups is 1. The van der Waals surface area contributed by atoms with Crippen molar-refractivity contribution in [2.24, 2.45) is 0 Å². The second-order valence-corrected chi connectivity index (χ2v) is 13.5. The number of phosphoric ester groups is 1. The van der Waals surface area contributed by atoms with Crippen LogP contribution in [-0.4, -0.2) is 78.0 Å². The van der Waals surface area contributed by atoms with E-state index < -0.39 is 17.7 Å². The number of sulfone groups is 1. The number of H-pyrrole nitrogens is 1. The first kappa shape index (κ1) is 33.4. The Morgan fingerprint density at radius 1 is 1.24 bits per heavy atom. The van der Waals surface area contributed by atoms with E-state index in [1.54, 1.807) is 56.6 Å². The highest BCUT2D eigenvalue weighted by atomic mass is 32.2. The predicted octanol–water partition coefficient (Wildman–Crippen LogP) is 4.40. The van der Waals surface area contributed by atoms with E-state index in [0.717, 1.165) is 27.4 Å². The van der Waals surface area contributed by atoms with E-state index >= 15 is 0 Å². The van der Waals surface area contributed by atoms with Gasteiger partial charge in [0.15, 0.2) is 9.84 Å². The van der Waals surface area contributed by atoms with Gasteiger partial charge in [0.2, 0.25) is 0 Å². The molecule has 1 aromatic carbocycles. The maximum atomic E-state index is 13.3. The van der Waals surface area contributed by atoms with Crippen LogP contribution in [0.5, 0.6) is 0 Å². The quantitative estimate of drug-likeness (QED) is 0.117. The number of nitrogens with zero attached hydrogens (tertiary/aromatic N) is 2. The molecule has 42 heavy (non-hydrogen) atoms. The summed E-state index contributed by atoms with van der Waals surface area (Å²) >= 11 is 0. The molecule has 0 unspecified atom stereocenters. The Balaban J connectivity index is 1.92. The predicted molar refractivity (Wildman–Crippen MR) is 167 cm³/mol. The number of rotatable bonds is 14. The van der Waals surface area contributed by atoms with Gasteiger partial charge in [-0.1, -0.05) is 25.2 Å². The Kier molecular flexibility index (Phi) is 11.4. The fourth-order valence-electron chi connectivity index (χ4n) is 4.46. The number of benzene rings is 1. The van der Waals surface area contributed by atoms with Crippen LogP contribution < -0.4 is 5.32 Å². The molecule has 2 heterocycles. The Labute approximate surface area is 246 Å². The minimum absolute atomic E-state index is 0.0419. The molecule has 228 valence electrons. The Morgan fingerprint density at radius 3 is 2.64 bits per heavy atom. The number of likely N-dealkylation sites (N-methyl/N-ethyl adjacent to an activating group) is 1. The number of aryl methyl sites for hydroxylation is 2. The normalized spacial score (nSPS) is 13.4. The highest BCUT2D eigenvalue weighted by Gasteiger charge is 2.19. The number of aromatic amines is 1. The molecule has 0 saturated carbocycles. The monoisotopic (exact) mass is 618 g/mol. The third kappa shape index (κ3) is 8.70. The van der Waals surface area contributed by atoms with Crippen molar-refractivity contribution in [2.45, 2.75) is 34.1 Å². The van der Waals surface area contributed by atoms with Gasteiger partial charge in [0.05, 0.1) is 22.8 Å². The molecule has 0 radical (unpaired) electrons. The molecule has 0 fully saturated rings. The summed E-state index contributed by atoms with van der Waals surface area (Å²) in [6, 6.07) is 3.79. The molecular formula is C29H39N4O7PS. The highest BCUT2D eigenvalue weighted by molar-refractivity contribution is 7.95. The maximum Gasteiger partial charge on any atom is 0.469 e. The van der Waals surface area contributed by atoms with Crippen LogP contribution in [0.15, 0.2) is 47.5 Å². The molecule has 0 spiro atoms. The number of carbonyl (C=O) groups is 1.